The van der Waals surface area contributed by atoms with Crippen molar-refractivity contribution in [2.24, 2.45) is 5.73 Å². The number of Topliss-reactive ketones (excluding diaryl/α,β-unsaturated/α-hetero) is 1. The number of carboxylic acids is 1. The third-order valence-electron chi connectivity index (χ3n) is 2.92. The lowest BCUT2D eigenvalue weighted by Gasteiger charge is -2.16. The molecular weight excluding hydrogens is 206 g/mol. The number of carboxylic acid groups (broad SMARTS) is 1. The first-order valence-corrected chi connectivity index (χ1v) is 5.27. The van der Waals surface area contributed by atoms with Crippen molar-refractivity contribution >= 4 is 11.8 Å². The van der Waals surface area contributed by atoms with Crippen molar-refractivity contribution in [2.75, 3.05) is 0 Å². The van der Waals surface area contributed by atoms with Crippen LogP contribution in [0.25, 0.3) is 0 Å². The SMILES string of the molecule is NC1=C(C2=CCCC2)C(=O)CC=C1C(=O)O. The Kier molecular flexibility index (Phi) is 2.64. The fraction of sp³-hybridized carbons (Fsp3) is 0.333. The van der Waals surface area contributed by atoms with Crippen molar-refractivity contribution in [1.29, 1.82) is 0 Å². The van der Waals surface area contributed by atoms with E-state index in [4.69, 9.17) is 10.8 Å². The van der Waals surface area contributed by atoms with E-state index >= 15 is 0 Å². The van der Waals surface area contributed by atoms with Crippen LogP contribution in [0.5, 0.6) is 0 Å². The molecule has 0 aromatic heterocycles. The zero-order valence-electron chi connectivity index (χ0n) is 8.82. The van der Waals surface area contributed by atoms with Crippen molar-refractivity contribution in [3.05, 3.63) is 34.6 Å². The van der Waals surface area contributed by atoms with Crippen molar-refractivity contribution in [3.63, 3.8) is 0 Å². The molecule has 0 amide bonds. The number of rotatable bonds is 2. The molecule has 0 atom stereocenters. The van der Waals surface area contributed by atoms with E-state index in [2.05, 4.69) is 0 Å². The Hall–Kier alpha value is -1.84. The molecule has 2 rings (SSSR count). The van der Waals surface area contributed by atoms with Crippen LogP contribution in [0.2, 0.25) is 0 Å². The molecule has 4 nitrogen and oxygen atoms in total. The molecule has 4 heteroatoms. The average Bonchev–Trinajstić information content (AvgIpc) is 2.70. The van der Waals surface area contributed by atoms with E-state index in [-0.39, 0.29) is 23.5 Å². The van der Waals surface area contributed by atoms with E-state index in [0.717, 1.165) is 24.8 Å². The Labute approximate surface area is 93.1 Å². The van der Waals surface area contributed by atoms with Gasteiger partial charge in [0.1, 0.15) is 0 Å². The highest BCUT2D eigenvalue weighted by Gasteiger charge is 2.27. The zero-order chi connectivity index (χ0) is 11.7. The lowest BCUT2D eigenvalue weighted by Crippen LogP contribution is -2.21. The molecule has 0 aromatic carbocycles. The van der Waals surface area contributed by atoms with Crippen molar-refractivity contribution < 1.29 is 14.7 Å². The summed E-state index contributed by atoms with van der Waals surface area (Å²) >= 11 is 0. The number of aliphatic carboxylic acids is 1. The minimum Gasteiger partial charge on any atom is -0.478 e. The highest BCUT2D eigenvalue weighted by Crippen LogP contribution is 2.31. The van der Waals surface area contributed by atoms with Gasteiger partial charge in [-0.05, 0) is 24.8 Å². The standard InChI is InChI=1S/C12H13NO3/c13-11-8(12(15)16)5-6-9(14)10(11)7-3-1-2-4-7/h3,5H,1-2,4,6,13H2,(H,15,16). The lowest BCUT2D eigenvalue weighted by atomic mass is 9.89. The normalized spacial score (nSPS) is 20.9. The fourth-order valence-corrected chi connectivity index (χ4v) is 2.14. The predicted molar refractivity (Wildman–Crippen MR) is 58.5 cm³/mol. The fourth-order valence-electron chi connectivity index (χ4n) is 2.14. The summed E-state index contributed by atoms with van der Waals surface area (Å²) in [5, 5.41) is 8.94. The summed E-state index contributed by atoms with van der Waals surface area (Å²) in [6.45, 7) is 0. The molecular formula is C12H13NO3. The molecule has 0 spiro atoms. The topological polar surface area (TPSA) is 80.4 Å². The number of carbonyl (C=O) groups excluding carboxylic acids is 1. The summed E-state index contributed by atoms with van der Waals surface area (Å²) in [5.41, 5.74) is 7.28. The molecule has 84 valence electrons. The molecule has 0 radical (unpaired) electrons. The number of ketones is 1. The first-order valence-electron chi connectivity index (χ1n) is 5.27. The van der Waals surface area contributed by atoms with E-state index in [9.17, 15) is 9.59 Å². The predicted octanol–water partition coefficient (Wildman–Crippen LogP) is 1.29. The average molecular weight is 219 g/mol. The van der Waals surface area contributed by atoms with Gasteiger partial charge in [0, 0.05) is 12.0 Å². The largest absolute Gasteiger partial charge is 0.478 e. The van der Waals surface area contributed by atoms with Crippen LogP contribution in [-0.2, 0) is 9.59 Å². The Bertz CT molecular complexity index is 455. The Morgan fingerprint density at radius 3 is 2.69 bits per heavy atom. The lowest BCUT2D eigenvalue weighted by molar-refractivity contribution is -0.132. The minimum absolute atomic E-state index is 0.0578. The van der Waals surface area contributed by atoms with Gasteiger partial charge >= 0.3 is 5.97 Å². The number of hydrogen-bond acceptors (Lipinski definition) is 3. The zero-order valence-corrected chi connectivity index (χ0v) is 8.82. The van der Waals surface area contributed by atoms with Gasteiger partial charge in [0.15, 0.2) is 5.78 Å². The van der Waals surface area contributed by atoms with Gasteiger partial charge in [-0.1, -0.05) is 12.2 Å². The summed E-state index contributed by atoms with van der Waals surface area (Å²) in [6.07, 6.45) is 6.25. The highest BCUT2D eigenvalue weighted by atomic mass is 16.4. The van der Waals surface area contributed by atoms with Crippen LogP contribution in [0.3, 0.4) is 0 Å². The maximum absolute atomic E-state index is 11.7. The van der Waals surface area contributed by atoms with Crippen molar-refractivity contribution in [1.82, 2.24) is 0 Å². The molecule has 0 saturated carbocycles. The minimum atomic E-state index is -1.07. The summed E-state index contributed by atoms with van der Waals surface area (Å²) in [4.78, 5) is 22.7. The Balaban J connectivity index is 2.46. The molecule has 0 fully saturated rings. The number of hydrogen-bond donors (Lipinski definition) is 2. The first-order chi connectivity index (χ1) is 7.61. The molecule has 2 aliphatic carbocycles. The van der Waals surface area contributed by atoms with Gasteiger partial charge in [0.05, 0.1) is 11.3 Å². The second kappa shape index (κ2) is 3.96. The summed E-state index contributed by atoms with van der Waals surface area (Å²) < 4.78 is 0. The van der Waals surface area contributed by atoms with Crippen LogP contribution in [0.15, 0.2) is 34.6 Å². The van der Waals surface area contributed by atoms with E-state index in [1.807, 2.05) is 6.08 Å². The third kappa shape index (κ3) is 1.66. The smallest absolute Gasteiger partial charge is 0.337 e. The van der Waals surface area contributed by atoms with Crippen LogP contribution < -0.4 is 5.73 Å². The molecule has 0 heterocycles. The van der Waals surface area contributed by atoms with E-state index < -0.39 is 5.97 Å². The van der Waals surface area contributed by atoms with Crippen LogP contribution in [0, 0.1) is 0 Å². The number of allylic oxidation sites excluding steroid dienone is 4. The third-order valence-corrected chi connectivity index (χ3v) is 2.92. The second-order valence-corrected chi connectivity index (χ2v) is 3.96. The van der Waals surface area contributed by atoms with E-state index in [1.54, 1.807) is 0 Å². The maximum Gasteiger partial charge on any atom is 0.337 e. The van der Waals surface area contributed by atoms with Gasteiger partial charge in [-0.2, -0.15) is 0 Å². The van der Waals surface area contributed by atoms with Crippen molar-refractivity contribution in [3.8, 4) is 0 Å². The quantitative estimate of drug-likeness (QED) is 0.733. The Morgan fingerprint density at radius 1 is 1.38 bits per heavy atom. The molecule has 16 heavy (non-hydrogen) atoms. The second-order valence-electron chi connectivity index (χ2n) is 3.96. The monoisotopic (exact) mass is 219 g/mol. The summed E-state index contributed by atoms with van der Waals surface area (Å²) in [5.74, 6) is -1.14. The molecule has 2 aliphatic rings. The van der Waals surface area contributed by atoms with Gasteiger partial charge in [-0.3, -0.25) is 4.79 Å². The molecule has 0 bridgehead atoms. The van der Waals surface area contributed by atoms with Gasteiger partial charge in [0.25, 0.3) is 0 Å². The van der Waals surface area contributed by atoms with Crippen molar-refractivity contribution in [2.45, 2.75) is 25.7 Å². The van der Waals surface area contributed by atoms with Gasteiger partial charge < -0.3 is 10.8 Å². The molecule has 3 N–H and O–H groups in total. The van der Waals surface area contributed by atoms with E-state index in [0.29, 0.717) is 5.57 Å². The van der Waals surface area contributed by atoms with E-state index in [1.165, 1.54) is 6.08 Å². The van der Waals surface area contributed by atoms with Crippen LogP contribution in [-0.4, -0.2) is 16.9 Å². The molecule has 0 aromatic rings. The summed E-state index contributed by atoms with van der Waals surface area (Å²) in [6, 6.07) is 0. The molecule has 0 saturated heterocycles. The first kappa shape index (κ1) is 10.7. The summed E-state index contributed by atoms with van der Waals surface area (Å²) in [7, 11) is 0. The highest BCUT2D eigenvalue weighted by molar-refractivity contribution is 6.07. The van der Waals surface area contributed by atoms with Gasteiger partial charge in [0.2, 0.25) is 0 Å². The molecule has 0 unspecified atom stereocenters. The van der Waals surface area contributed by atoms with Gasteiger partial charge in [-0.25, -0.2) is 4.79 Å². The number of nitrogens with two attached hydrogens (primary N) is 1. The van der Waals surface area contributed by atoms with Crippen LogP contribution in [0.4, 0.5) is 0 Å². The van der Waals surface area contributed by atoms with Crippen LogP contribution in [0.1, 0.15) is 25.7 Å². The Morgan fingerprint density at radius 2 is 2.12 bits per heavy atom. The molecule has 0 aliphatic heterocycles. The maximum atomic E-state index is 11.7. The van der Waals surface area contributed by atoms with Gasteiger partial charge in [-0.15, -0.1) is 0 Å². The van der Waals surface area contributed by atoms with Crippen LogP contribution >= 0.6 is 0 Å². The number of carbonyl (C=O) groups is 2.